The topological polar surface area (TPSA) is 102 Å². The molecule has 154 valence electrons. The van der Waals surface area contributed by atoms with Gasteiger partial charge in [0.1, 0.15) is 5.76 Å². The summed E-state index contributed by atoms with van der Waals surface area (Å²) >= 11 is 12.2. The average Bonchev–Trinajstić information content (AvgIpc) is 3.43. The Morgan fingerprint density at radius 3 is 2.77 bits per heavy atom. The van der Waals surface area contributed by atoms with Crippen LogP contribution >= 0.6 is 23.2 Å². The van der Waals surface area contributed by atoms with Crippen LogP contribution < -0.4 is 0 Å². The van der Waals surface area contributed by atoms with Gasteiger partial charge in [0.25, 0.3) is 5.69 Å². The number of ketones is 1. The zero-order valence-corrected chi connectivity index (χ0v) is 17.2. The number of hydrogen-bond acceptors (Lipinski definition) is 5. The lowest BCUT2D eigenvalue weighted by Gasteiger charge is -2.01. The van der Waals surface area contributed by atoms with E-state index in [1.165, 1.54) is 24.4 Å². The molecule has 0 spiro atoms. The van der Waals surface area contributed by atoms with E-state index >= 15 is 0 Å². The Labute approximate surface area is 186 Å². The first kappa shape index (κ1) is 20.6. The number of rotatable bonds is 6. The van der Waals surface area contributed by atoms with Crippen molar-refractivity contribution in [3.8, 4) is 22.6 Å². The fourth-order valence-corrected chi connectivity index (χ4v) is 3.36. The molecule has 9 heteroatoms. The summed E-state index contributed by atoms with van der Waals surface area (Å²) in [5.74, 6) is 0.183. The van der Waals surface area contributed by atoms with Gasteiger partial charge in [-0.25, -0.2) is 0 Å². The molecule has 31 heavy (non-hydrogen) atoms. The minimum atomic E-state index is -0.473. The Morgan fingerprint density at radius 1 is 1.13 bits per heavy atom. The van der Waals surface area contributed by atoms with Crippen molar-refractivity contribution in [3.63, 3.8) is 0 Å². The molecule has 4 aromatic rings. The standard InChI is InChI=1S/C22H13Cl2N3O4/c23-15-5-6-18(24)17(11-15)20-8-9-21(31-20)19(28)7-4-14-12-25-26-22(14)13-2-1-3-16(10-13)27(29)30/h1-12H,(H,25,26)/b7-4+. The van der Waals surface area contributed by atoms with Crippen LogP contribution in [-0.2, 0) is 0 Å². The predicted molar refractivity (Wildman–Crippen MR) is 118 cm³/mol. The van der Waals surface area contributed by atoms with Gasteiger partial charge in [0.05, 0.1) is 21.8 Å². The van der Waals surface area contributed by atoms with Crippen molar-refractivity contribution in [3.05, 3.63) is 98.4 Å². The molecule has 0 aliphatic carbocycles. The molecule has 0 unspecified atom stereocenters. The third-order valence-corrected chi connectivity index (χ3v) is 5.04. The van der Waals surface area contributed by atoms with Crippen molar-refractivity contribution < 1.29 is 14.1 Å². The molecule has 2 aromatic heterocycles. The van der Waals surface area contributed by atoms with Crippen molar-refractivity contribution in [1.29, 1.82) is 0 Å². The number of benzene rings is 2. The number of hydrogen-bond donors (Lipinski definition) is 1. The van der Waals surface area contributed by atoms with E-state index in [2.05, 4.69) is 10.2 Å². The summed E-state index contributed by atoms with van der Waals surface area (Å²) in [5.41, 5.74) is 2.27. The Hall–Kier alpha value is -3.68. The second kappa shape index (κ2) is 8.59. The van der Waals surface area contributed by atoms with Gasteiger partial charge >= 0.3 is 0 Å². The SMILES string of the molecule is O=C(/C=C/c1cn[nH]c1-c1cccc([N+](=O)[O-])c1)c1ccc(-c2cc(Cl)ccc2Cl)o1. The number of nitro benzene ring substituents is 1. The number of H-pyrrole nitrogens is 1. The van der Waals surface area contributed by atoms with Gasteiger partial charge in [-0.2, -0.15) is 5.10 Å². The minimum Gasteiger partial charge on any atom is -0.453 e. The number of halogens is 2. The summed E-state index contributed by atoms with van der Waals surface area (Å²) in [6, 6.07) is 14.3. The number of aromatic nitrogens is 2. The average molecular weight is 454 g/mol. The molecule has 1 N–H and O–H groups in total. The minimum absolute atomic E-state index is 0.0408. The highest BCUT2D eigenvalue weighted by Gasteiger charge is 2.14. The number of carbonyl (C=O) groups is 1. The highest BCUT2D eigenvalue weighted by atomic mass is 35.5. The molecular formula is C22H13Cl2N3O4. The summed E-state index contributed by atoms with van der Waals surface area (Å²) in [4.78, 5) is 23.1. The number of allylic oxidation sites excluding steroid dienone is 1. The van der Waals surface area contributed by atoms with E-state index in [1.54, 1.807) is 48.5 Å². The first-order valence-corrected chi connectivity index (χ1v) is 9.74. The first-order chi connectivity index (χ1) is 14.9. The van der Waals surface area contributed by atoms with Crippen molar-refractivity contribution in [1.82, 2.24) is 10.2 Å². The largest absolute Gasteiger partial charge is 0.453 e. The molecule has 0 saturated heterocycles. The molecule has 0 radical (unpaired) electrons. The van der Waals surface area contributed by atoms with Gasteiger partial charge in [-0.1, -0.05) is 35.3 Å². The van der Waals surface area contributed by atoms with Crippen molar-refractivity contribution in [2.45, 2.75) is 0 Å². The normalized spacial score (nSPS) is 11.2. The predicted octanol–water partition coefficient (Wildman–Crippen LogP) is 6.45. The Morgan fingerprint density at radius 2 is 1.97 bits per heavy atom. The number of carbonyl (C=O) groups excluding carboxylic acids is 1. The molecule has 4 rings (SSSR count). The van der Waals surface area contributed by atoms with Gasteiger partial charge < -0.3 is 4.42 Å². The number of non-ortho nitro benzene ring substituents is 1. The van der Waals surface area contributed by atoms with Gasteiger partial charge in [-0.15, -0.1) is 0 Å². The number of aromatic amines is 1. The van der Waals surface area contributed by atoms with Crippen LogP contribution in [0.3, 0.4) is 0 Å². The van der Waals surface area contributed by atoms with E-state index < -0.39 is 4.92 Å². The van der Waals surface area contributed by atoms with Crippen LogP contribution in [0.1, 0.15) is 16.1 Å². The fourth-order valence-electron chi connectivity index (χ4n) is 2.98. The van der Waals surface area contributed by atoms with Gasteiger partial charge in [-0.05, 0) is 42.5 Å². The Balaban J connectivity index is 1.57. The smallest absolute Gasteiger partial charge is 0.270 e. The summed E-state index contributed by atoms with van der Waals surface area (Å²) in [7, 11) is 0. The van der Waals surface area contributed by atoms with E-state index in [1.807, 2.05) is 0 Å². The summed E-state index contributed by atoms with van der Waals surface area (Å²) in [6.07, 6.45) is 4.43. The maximum atomic E-state index is 12.6. The fraction of sp³-hybridized carbons (Fsp3) is 0. The van der Waals surface area contributed by atoms with Gasteiger partial charge in [0.2, 0.25) is 5.78 Å². The molecule has 0 saturated carbocycles. The zero-order chi connectivity index (χ0) is 22.0. The molecule has 2 heterocycles. The van der Waals surface area contributed by atoms with E-state index in [-0.39, 0.29) is 17.2 Å². The first-order valence-electron chi connectivity index (χ1n) is 8.98. The molecular weight excluding hydrogens is 441 g/mol. The van der Waals surface area contributed by atoms with Crippen LogP contribution in [-0.4, -0.2) is 20.9 Å². The van der Waals surface area contributed by atoms with E-state index in [0.29, 0.717) is 38.2 Å². The lowest BCUT2D eigenvalue weighted by atomic mass is 10.1. The number of furan rings is 1. The zero-order valence-electron chi connectivity index (χ0n) is 15.7. The highest BCUT2D eigenvalue weighted by Crippen LogP contribution is 2.32. The van der Waals surface area contributed by atoms with Crippen molar-refractivity contribution in [2.75, 3.05) is 0 Å². The Kier molecular flexibility index (Phi) is 5.70. The molecule has 7 nitrogen and oxygen atoms in total. The second-order valence-electron chi connectivity index (χ2n) is 6.49. The maximum Gasteiger partial charge on any atom is 0.270 e. The number of nitro groups is 1. The molecule has 0 amide bonds. The van der Waals surface area contributed by atoms with Crippen LogP contribution in [0.15, 0.2) is 71.3 Å². The molecule has 0 atom stereocenters. The van der Waals surface area contributed by atoms with Gasteiger partial charge in [-0.3, -0.25) is 20.0 Å². The van der Waals surface area contributed by atoms with E-state index in [4.69, 9.17) is 27.6 Å². The molecule has 0 fully saturated rings. The molecule has 0 aliphatic heterocycles. The molecule has 2 aromatic carbocycles. The van der Waals surface area contributed by atoms with Crippen molar-refractivity contribution >= 4 is 40.7 Å². The van der Waals surface area contributed by atoms with Crippen molar-refractivity contribution in [2.24, 2.45) is 0 Å². The highest BCUT2D eigenvalue weighted by molar-refractivity contribution is 6.35. The van der Waals surface area contributed by atoms with Crippen LogP contribution in [0.2, 0.25) is 10.0 Å². The molecule has 0 aliphatic rings. The van der Waals surface area contributed by atoms with Crippen LogP contribution in [0, 0.1) is 10.1 Å². The molecule has 0 bridgehead atoms. The van der Waals surface area contributed by atoms with Gasteiger partial charge in [0, 0.05) is 33.8 Å². The Bertz CT molecular complexity index is 1320. The summed E-state index contributed by atoms with van der Waals surface area (Å²) < 4.78 is 5.65. The summed E-state index contributed by atoms with van der Waals surface area (Å²) in [6.45, 7) is 0. The number of nitrogens with one attached hydrogen (secondary N) is 1. The van der Waals surface area contributed by atoms with E-state index in [0.717, 1.165) is 0 Å². The summed E-state index contributed by atoms with van der Waals surface area (Å²) in [5, 5.41) is 18.7. The maximum absolute atomic E-state index is 12.6. The van der Waals surface area contributed by atoms with Crippen LogP contribution in [0.25, 0.3) is 28.7 Å². The lowest BCUT2D eigenvalue weighted by molar-refractivity contribution is -0.384. The van der Waals surface area contributed by atoms with Crippen LogP contribution in [0.5, 0.6) is 0 Å². The number of nitrogens with zero attached hydrogens (tertiary/aromatic N) is 2. The van der Waals surface area contributed by atoms with E-state index in [9.17, 15) is 14.9 Å². The monoisotopic (exact) mass is 453 g/mol. The lowest BCUT2D eigenvalue weighted by Crippen LogP contribution is -1.91. The third kappa shape index (κ3) is 4.42. The quantitative estimate of drug-likeness (QED) is 0.156. The third-order valence-electron chi connectivity index (χ3n) is 4.47. The van der Waals surface area contributed by atoms with Gasteiger partial charge in [0.15, 0.2) is 5.76 Å². The second-order valence-corrected chi connectivity index (χ2v) is 7.34. The van der Waals surface area contributed by atoms with Crippen LogP contribution in [0.4, 0.5) is 5.69 Å².